The fraction of sp³-hybridized carbons (Fsp3) is 0.294. The van der Waals surface area contributed by atoms with Crippen molar-refractivity contribution >= 4 is 17.4 Å². The van der Waals surface area contributed by atoms with Gasteiger partial charge in [0.15, 0.2) is 5.69 Å². The summed E-state index contributed by atoms with van der Waals surface area (Å²) in [4.78, 5) is 30.5. The summed E-state index contributed by atoms with van der Waals surface area (Å²) in [5.74, 6) is 0.358. The zero-order valence-electron chi connectivity index (χ0n) is 13.7. The van der Waals surface area contributed by atoms with Gasteiger partial charge in [0.25, 0.3) is 5.69 Å². The number of amides is 1. The summed E-state index contributed by atoms with van der Waals surface area (Å²) < 4.78 is 0. The van der Waals surface area contributed by atoms with E-state index in [9.17, 15) is 14.9 Å². The number of anilines is 1. The van der Waals surface area contributed by atoms with Crippen molar-refractivity contribution in [2.45, 2.75) is 0 Å². The second kappa shape index (κ2) is 7.27. The number of hydrogen-bond donors (Lipinski definition) is 1. The number of nitrogens with two attached hydrogens (primary N) is 1. The van der Waals surface area contributed by atoms with Gasteiger partial charge in [-0.05, 0) is 6.07 Å². The van der Waals surface area contributed by atoms with E-state index >= 15 is 0 Å². The number of primary amides is 1. The Kier molecular flexibility index (Phi) is 4.90. The van der Waals surface area contributed by atoms with Gasteiger partial charge < -0.3 is 10.6 Å². The Hall–Kier alpha value is -3.00. The minimum Gasteiger partial charge on any atom is -0.369 e. The fourth-order valence-electron chi connectivity index (χ4n) is 2.93. The number of nitro groups is 1. The molecule has 0 spiro atoms. The number of rotatable bonds is 5. The zero-order valence-corrected chi connectivity index (χ0v) is 13.7. The van der Waals surface area contributed by atoms with Crippen LogP contribution < -0.4 is 10.6 Å². The van der Waals surface area contributed by atoms with Crippen LogP contribution in [0.2, 0.25) is 0 Å². The Morgan fingerprint density at radius 3 is 2.40 bits per heavy atom. The molecule has 0 aliphatic carbocycles. The van der Waals surface area contributed by atoms with Crippen molar-refractivity contribution in [3.05, 3.63) is 52.6 Å². The Morgan fingerprint density at radius 1 is 1.12 bits per heavy atom. The number of carbonyl (C=O) groups excluding carboxylic acids is 1. The molecule has 0 atom stereocenters. The zero-order chi connectivity index (χ0) is 17.8. The third kappa shape index (κ3) is 3.92. The van der Waals surface area contributed by atoms with Crippen molar-refractivity contribution < 1.29 is 9.72 Å². The summed E-state index contributed by atoms with van der Waals surface area (Å²) in [6, 6.07) is 12.3. The summed E-state index contributed by atoms with van der Waals surface area (Å²) in [5.41, 5.74) is 6.29. The fourth-order valence-corrected chi connectivity index (χ4v) is 2.93. The van der Waals surface area contributed by atoms with E-state index in [1.165, 1.54) is 6.07 Å². The minimum absolute atomic E-state index is 0.0117. The van der Waals surface area contributed by atoms with Gasteiger partial charge in [-0.15, -0.1) is 0 Å². The average Bonchev–Trinajstić information content (AvgIpc) is 2.62. The van der Waals surface area contributed by atoms with E-state index in [-0.39, 0.29) is 18.1 Å². The van der Waals surface area contributed by atoms with E-state index in [2.05, 4.69) is 9.88 Å². The lowest BCUT2D eigenvalue weighted by atomic mass is 10.1. The first-order chi connectivity index (χ1) is 12.0. The van der Waals surface area contributed by atoms with Crippen molar-refractivity contribution in [3.63, 3.8) is 0 Å². The summed E-state index contributed by atoms with van der Waals surface area (Å²) in [6.07, 6.45) is 0. The number of nitrogens with zero attached hydrogens (tertiary/aromatic N) is 4. The van der Waals surface area contributed by atoms with Gasteiger partial charge in [-0.1, -0.05) is 30.3 Å². The topological polar surface area (TPSA) is 106 Å². The number of pyridine rings is 1. The molecule has 1 aliphatic heterocycles. The maximum absolute atomic E-state index is 11.3. The maximum atomic E-state index is 11.3. The van der Waals surface area contributed by atoms with Gasteiger partial charge in [-0.3, -0.25) is 19.8 Å². The molecular weight excluding hydrogens is 322 g/mol. The molecule has 1 aromatic heterocycles. The third-order valence-electron chi connectivity index (χ3n) is 4.18. The van der Waals surface area contributed by atoms with E-state index in [1.54, 1.807) is 6.07 Å². The Bertz CT molecular complexity index is 773. The van der Waals surface area contributed by atoms with Crippen LogP contribution in [0.25, 0.3) is 11.3 Å². The average molecular weight is 341 g/mol. The number of carbonyl (C=O) groups is 1. The molecule has 2 N–H and O–H groups in total. The number of hydrogen-bond acceptors (Lipinski definition) is 6. The van der Waals surface area contributed by atoms with Gasteiger partial charge in [-0.2, -0.15) is 0 Å². The number of benzene rings is 1. The van der Waals surface area contributed by atoms with E-state index in [0.29, 0.717) is 43.3 Å². The highest BCUT2D eigenvalue weighted by molar-refractivity contribution is 5.76. The molecule has 0 bridgehead atoms. The summed E-state index contributed by atoms with van der Waals surface area (Å²) in [5, 5.41) is 11.3. The molecule has 3 rings (SSSR count). The third-order valence-corrected chi connectivity index (χ3v) is 4.18. The molecule has 1 aromatic carbocycles. The predicted molar refractivity (Wildman–Crippen MR) is 94.2 cm³/mol. The van der Waals surface area contributed by atoms with E-state index < -0.39 is 4.92 Å². The molecular formula is C17H19N5O3. The lowest BCUT2D eigenvalue weighted by molar-refractivity contribution is -0.384. The molecule has 8 heteroatoms. The molecule has 130 valence electrons. The molecule has 2 aromatic rings. The van der Waals surface area contributed by atoms with Gasteiger partial charge in [0.05, 0.1) is 11.5 Å². The molecule has 1 fully saturated rings. The number of piperazine rings is 1. The molecule has 0 saturated carbocycles. The lowest BCUT2D eigenvalue weighted by Gasteiger charge is -2.34. The smallest absolute Gasteiger partial charge is 0.295 e. The van der Waals surface area contributed by atoms with Crippen LogP contribution in [0.5, 0.6) is 0 Å². The molecule has 1 amide bonds. The molecule has 0 radical (unpaired) electrons. The molecule has 2 heterocycles. The second-order valence-corrected chi connectivity index (χ2v) is 5.89. The van der Waals surface area contributed by atoms with Gasteiger partial charge in [0, 0.05) is 37.8 Å². The normalized spacial score (nSPS) is 15.1. The maximum Gasteiger partial charge on any atom is 0.295 e. The Balaban J connectivity index is 1.84. The van der Waals surface area contributed by atoms with Crippen LogP contribution in [0.1, 0.15) is 0 Å². The molecule has 1 saturated heterocycles. The van der Waals surface area contributed by atoms with Crippen LogP contribution in [-0.4, -0.2) is 53.4 Å². The van der Waals surface area contributed by atoms with Crippen LogP contribution in [0, 0.1) is 10.1 Å². The Morgan fingerprint density at radius 2 is 1.80 bits per heavy atom. The van der Waals surface area contributed by atoms with Crippen molar-refractivity contribution in [2.24, 2.45) is 5.73 Å². The predicted octanol–water partition coefficient (Wildman–Crippen LogP) is 1.26. The van der Waals surface area contributed by atoms with E-state index in [0.717, 1.165) is 0 Å². The minimum atomic E-state index is -0.413. The first-order valence-corrected chi connectivity index (χ1v) is 8.01. The highest BCUT2D eigenvalue weighted by Crippen LogP contribution is 2.30. The van der Waals surface area contributed by atoms with Crippen molar-refractivity contribution in [3.8, 4) is 11.3 Å². The van der Waals surface area contributed by atoms with Crippen LogP contribution >= 0.6 is 0 Å². The monoisotopic (exact) mass is 341 g/mol. The summed E-state index contributed by atoms with van der Waals surface area (Å²) >= 11 is 0. The Labute approximate surface area is 145 Å². The SMILES string of the molecule is NC(=O)CN1CCN(c2ccc([N+](=O)[O-])c(-c3ccccc3)n2)CC1. The van der Waals surface area contributed by atoms with Crippen molar-refractivity contribution in [2.75, 3.05) is 37.6 Å². The second-order valence-electron chi connectivity index (χ2n) is 5.89. The highest BCUT2D eigenvalue weighted by atomic mass is 16.6. The number of aromatic nitrogens is 1. The standard InChI is InChI=1S/C17H19N5O3/c18-15(23)12-20-8-10-21(11-9-20)16-7-6-14(22(24)25)17(19-16)13-4-2-1-3-5-13/h1-7H,8-12H2,(H2,18,23). The van der Waals surface area contributed by atoms with Crippen LogP contribution in [0.3, 0.4) is 0 Å². The van der Waals surface area contributed by atoms with E-state index in [4.69, 9.17) is 5.73 Å². The van der Waals surface area contributed by atoms with Gasteiger partial charge in [-0.25, -0.2) is 4.98 Å². The summed E-state index contributed by atoms with van der Waals surface area (Å²) in [7, 11) is 0. The largest absolute Gasteiger partial charge is 0.369 e. The molecule has 1 aliphatic rings. The molecule has 25 heavy (non-hydrogen) atoms. The van der Waals surface area contributed by atoms with E-state index in [1.807, 2.05) is 35.2 Å². The molecule has 0 unspecified atom stereocenters. The van der Waals surface area contributed by atoms with Crippen LogP contribution in [0.4, 0.5) is 11.5 Å². The van der Waals surface area contributed by atoms with Crippen LogP contribution in [-0.2, 0) is 4.79 Å². The van der Waals surface area contributed by atoms with Crippen molar-refractivity contribution in [1.29, 1.82) is 0 Å². The first-order valence-electron chi connectivity index (χ1n) is 8.01. The first kappa shape index (κ1) is 16.8. The summed E-state index contributed by atoms with van der Waals surface area (Å²) in [6.45, 7) is 3.01. The quantitative estimate of drug-likeness (QED) is 0.648. The van der Waals surface area contributed by atoms with Crippen molar-refractivity contribution in [1.82, 2.24) is 9.88 Å². The van der Waals surface area contributed by atoms with Gasteiger partial charge >= 0.3 is 0 Å². The van der Waals surface area contributed by atoms with Gasteiger partial charge in [0.2, 0.25) is 5.91 Å². The highest BCUT2D eigenvalue weighted by Gasteiger charge is 2.23. The van der Waals surface area contributed by atoms with Crippen LogP contribution in [0.15, 0.2) is 42.5 Å². The lowest BCUT2D eigenvalue weighted by Crippen LogP contribution is -2.49. The van der Waals surface area contributed by atoms with Gasteiger partial charge in [0.1, 0.15) is 5.82 Å². The molecule has 8 nitrogen and oxygen atoms in total.